The zero-order valence-corrected chi connectivity index (χ0v) is 16.2. The first-order chi connectivity index (χ1) is 12.7. The van der Waals surface area contributed by atoms with Crippen LogP contribution in [-0.4, -0.2) is 33.2 Å². The van der Waals surface area contributed by atoms with Crippen molar-refractivity contribution < 1.29 is 9.80 Å². The fraction of sp³-hybridized carbons (Fsp3) is 0.478. The molecular formula is C23H33N3+2. The zero-order chi connectivity index (χ0) is 17.9. The number of benzene rings is 2. The summed E-state index contributed by atoms with van der Waals surface area (Å²) < 4.78 is 0. The molecule has 4 rings (SSSR count). The molecule has 2 aromatic rings. The Kier molecular flexibility index (Phi) is 5.28. The predicted octanol–water partition coefficient (Wildman–Crippen LogP) is 1.68. The summed E-state index contributed by atoms with van der Waals surface area (Å²) in [4.78, 5) is 5.77. The summed E-state index contributed by atoms with van der Waals surface area (Å²) in [7, 11) is 4.24. The maximum atomic E-state index is 2.38. The molecule has 0 saturated carbocycles. The van der Waals surface area contributed by atoms with Crippen LogP contribution in [0.5, 0.6) is 0 Å². The highest BCUT2D eigenvalue weighted by Gasteiger charge is 2.44. The van der Waals surface area contributed by atoms with Crippen molar-refractivity contribution in [2.75, 3.05) is 32.1 Å². The average Bonchev–Trinajstić information content (AvgIpc) is 2.69. The van der Waals surface area contributed by atoms with Gasteiger partial charge in [0.1, 0.15) is 6.54 Å². The molecule has 3 heteroatoms. The molecule has 2 aromatic carbocycles. The number of nitrogens with one attached hydrogen (secondary N) is 2. The molecule has 2 N–H and O–H groups in total. The van der Waals surface area contributed by atoms with Crippen LogP contribution in [-0.2, 0) is 6.54 Å². The van der Waals surface area contributed by atoms with Gasteiger partial charge >= 0.3 is 0 Å². The molecule has 2 saturated heterocycles. The van der Waals surface area contributed by atoms with Gasteiger partial charge in [-0.2, -0.15) is 0 Å². The quantitative estimate of drug-likeness (QED) is 0.854. The first kappa shape index (κ1) is 17.6. The normalized spacial score (nSPS) is 28.4. The SMILES string of the molecule is CN(C)c1ccc([C@H]2[NH+](Cc3ccccc3)CC[C@H]3CCCC[NH+]32)cc1. The van der Waals surface area contributed by atoms with Crippen molar-refractivity contribution in [3.8, 4) is 0 Å². The number of quaternary nitrogens is 2. The number of fused-ring (bicyclic) bond motifs is 1. The van der Waals surface area contributed by atoms with E-state index in [2.05, 4.69) is 73.6 Å². The molecule has 2 aliphatic heterocycles. The number of nitrogens with zero attached hydrogens (tertiary/aromatic N) is 1. The minimum absolute atomic E-state index is 0.575. The van der Waals surface area contributed by atoms with E-state index in [9.17, 15) is 0 Å². The van der Waals surface area contributed by atoms with E-state index in [4.69, 9.17) is 0 Å². The van der Waals surface area contributed by atoms with Gasteiger partial charge in [-0.3, -0.25) is 9.80 Å². The van der Waals surface area contributed by atoms with Crippen LogP contribution in [0.2, 0.25) is 0 Å². The second-order valence-corrected chi connectivity index (χ2v) is 8.30. The first-order valence-corrected chi connectivity index (χ1v) is 10.2. The van der Waals surface area contributed by atoms with Gasteiger partial charge in [0.15, 0.2) is 0 Å². The molecule has 2 fully saturated rings. The van der Waals surface area contributed by atoms with Crippen molar-refractivity contribution in [1.29, 1.82) is 0 Å². The van der Waals surface area contributed by atoms with Gasteiger partial charge in [0.2, 0.25) is 6.17 Å². The summed E-state index contributed by atoms with van der Waals surface area (Å²) in [6.45, 7) is 3.77. The second kappa shape index (κ2) is 7.81. The van der Waals surface area contributed by atoms with Crippen LogP contribution in [0.1, 0.15) is 43.0 Å². The topological polar surface area (TPSA) is 12.1 Å². The Morgan fingerprint density at radius 1 is 0.885 bits per heavy atom. The van der Waals surface area contributed by atoms with Gasteiger partial charge in [0.05, 0.1) is 24.7 Å². The molecule has 3 nitrogen and oxygen atoms in total. The third kappa shape index (κ3) is 3.65. The van der Waals surface area contributed by atoms with Gasteiger partial charge in [0.25, 0.3) is 0 Å². The number of piperidine rings is 1. The highest BCUT2D eigenvalue weighted by Crippen LogP contribution is 2.18. The molecule has 2 heterocycles. The molecule has 0 bridgehead atoms. The molecule has 0 radical (unpaired) electrons. The highest BCUT2D eigenvalue weighted by atomic mass is 15.4. The van der Waals surface area contributed by atoms with Crippen LogP contribution < -0.4 is 14.7 Å². The lowest BCUT2D eigenvalue weighted by Crippen LogP contribution is -3.35. The van der Waals surface area contributed by atoms with Crippen LogP contribution in [0.4, 0.5) is 5.69 Å². The fourth-order valence-electron chi connectivity index (χ4n) is 5.05. The molecule has 0 spiro atoms. The summed E-state index contributed by atoms with van der Waals surface area (Å²) in [5, 5.41) is 0. The Balaban J connectivity index is 1.63. The van der Waals surface area contributed by atoms with Crippen LogP contribution in [0, 0.1) is 0 Å². The maximum absolute atomic E-state index is 2.38. The Morgan fingerprint density at radius 2 is 1.65 bits per heavy atom. The Bertz CT molecular complexity index is 695. The largest absolute Gasteiger partial charge is 0.378 e. The van der Waals surface area contributed by atoms with Crippen LogP contribution in [0.15, 0.2) is 54.6 Å². The highest BCUT2D eigenvalue weighted by molar-refractivity contribution is 5.46. The minimum Gasteiger partial charge on any atom is -0.378 e. The lowest BCUT2D eigenvalue weighted by Gasteiger charge is -2.45. The summed E-state index contributed by atoms with van der Waals surface area (Å²) >= 11 is 0. The standard InChI is InChI=1S/C23H31N3/c1-24(2)21-13-11-20(12-14-21)23-25(18-19-8-4-3-5-9-19)17-15-22-10-6-7-16-26(22)23/h3-5,8-9,11-14,22-23H,6-7,10,15-18H2,1-2H3/p+2/t22-,23+/m1/s1. The number of anilines is 1. The van der Waals surface area contributed by atoms with Crippen LogP contribution in [0.25, 0.3) is 0 Å². The van der Waals surface area contributed by atoms with Crippen molar-refractivity contribution >= 4 is 5.69 Å². The lowest BCUT2D eigenvalue weighted by atomic mass is 9.93. The van der Waals surface area contributed by atoms with E-state index >= 15 is 0 Å². The van der Waals surface area contributed by atoms with E-state index < -0.39 is 0 Å². The molecule has 0 aromatic heterocycles. The second-order valence-electron chi connectivity index (χ2n) is 8.30. The van der Waals surface area contributed by atoms with Crippen molar-refractivity contribution in [1.82, 2.24) is 0 Å². The van der Waals surface area contributed by atoms with E-state index in [1.54, 1.807) is 4.90 Å². The minimum atomic E-state index is 0.575. The van der Waals surface area contributed by atoms with Crippen LogP contribution in [0.3, 0.4) is 0 Å². The summed E-state index contributed by atoms with van der Waals surface area (Å²) in [6.07, 6.45) is 6.18. The van der Waals surface area contributed by atoms with E-state index in [1.165, 1.54) is 55.6 Å². The molecule has 0 aliphatic carbocycles. The van der Waals surface area contributed by atoms with Gasteiger partial charge in [-0.05, 0) is 37.1 Å². The first-order valence-electron chi connectivity index (χ1n) is 10.2. The molecular weight excluding hydrogens is 318 g/mol. The monoisotopic (exact) mass is 351 g/mol. The fourth-order valence-corrected chi connectivity index (χ4v) is 5.05. The molecule has 138 valence electrons. The smallest absolute Gasteiger partial charge is 0.240 e. The van der Waals surface area contributed by atoms with Gasteiger partial charge in [-0.1, -0.05) is 30.3 Å². The molecule has 2 unspecified atom stereocenters. The predicted molar refractivity (Wildman–Crippen MR) is 108 cm³/mol. The van der Waals surface area contributed by atoms with Gasteiger partial charge < -0.3 is 4.90 Å². The van der Waals surface area contributed by atoms with E-state index in [1.807, 2.05) is 4.90 Å². The van der Waals surface area contributed by atoms with Gasteiger partial charge in [-0.25, -0.2) is 0 Å². The van der Waals surface area contributed by atoms with E-state index in [-0.39, 0.29) is 0 Å². The number of rotatable bonds is 4. The van der Waals surface area contributed by atoms with Crippen LogP contribution >= 0.6 is 0 Å². The Hall–Kier alpha value is -1.84. The molecule has 2 aliphatic rings. The lowest BCUT2D eigenvalue weighted by molar-refractivity contribution is -1.17. The van der Waals surface area contributed by atoms with Gasteiger partial charge in [-0.15, -0.1) is 0 Å². The molecule has 0 amide bonds. The number of hydrogen-bond acceptors (Lipinski definition) is 1. The molecule has 26 heavy (non-hydrogen) atoms. The summed E-state index contributed by atoms with van der Waals surface area (Å²) in [6, 6.07) is 21.3. The summed E-state index contributed by atoms with van der Waals surface area (Å²) in [5.41, 5.74) is 4.27. The average molecular weight is 352 g/mol. The van der Waals surface area contributed by atoms with Crippen molar-refractivity contribution in [3.05, 3.63) is 65.7 Å². The molecule has 4 atom stereocenters. The van der Waals surface area contributed by atoms with Gasteiger partial charge in [0, 0.05) is 38.2 Å². The Morgan fingerprint density at radius 3 is 2.38 bits per heavy atom. The maximum Gasteiger partial charge on any atom is 0.240 e. The van der Waals surface area contributed by atoms with Crippen molar-refractivity contribution in [2.24, 2.45) is 0 Å². The number of hydrogen-bond donors (Lipinski definition) is 2. The third-order valence-electron chi connectivity index (χ3n) is 6.40. The third-order valence-corrected chi connectivity index (χ3v) is 6.40. The zero-order valence-electron chi connectivity index (χ0n) is 16.2. The Labute approximate surface area is 158 Å². The van der Waals surface area contributed by atoms with Crippen molar-refractivity contribution in [2.45, 2.75) is 44.4 Å². The van der Waals surface area contributed by atoms with E-state index in [0.29, 0.717) is 6.17 Å². The summed E-state index contributed by atoms with van der Waals surface area (Å²) in [5.74, 6) is 0. The van der Waals surface area contributed by atoms with Crippen molar-refractivity contribution in [3.63, 3.8) is 0 Å². The van der Waals surface area contributed by atoms with E-state index in [0.717, 1.165) is 12.6 Å².